The van der Waals surface area contributed by atoms with Crippen molar-refractivity contribution in [1.82, 2.24) is 9.78 Å². The van der Waals surface area contributed by atoms with Crippen molar-refractivity contribution in [3.8, 4) is 5.75 Å². The average molecular weight is 184 g/mol. The Morgan fingerprint density at radius 1 is 1.62 bits per heavy atom. The molecule has 0 amide bonds. The van der Waals surface area contributed by atoms with Crippen LogP contribution in [0.25, 0.3) is 0 Å². The summed E-state index contributed by atoms with van der Waals surface area (Å²) in [6.07, 6.45) is 4.07. The number of nitrogens with zero attached hydrogens (tertiary/aromatic N) is 2. The molecule has 13 heavy (non-hydrogen) atoms. The van der Waals surface area contributed by atoms with Gasteiger partial charge in [0.25, 0.3) is 0 Å². The van der Waals surface area contributed by atoms with Crippen LogP contribution in [0.5, 0.6) is 5.75 Å². The smallest absolute Gasteiger partial charge is 0.157 e. The van der Waals surface area contributed by atoms with E-state index in [-0.39, 0.29) is 0 Å². The molecule has 0 aliphatic carbocycles. The Balaban J connectivity index is 2.28. The lowest BCUT2D eigenvalue weighted by Crippen LogP contribution is -2.21. The Kier molecular flexibility index (Phi) is 2.93. The zero-order chi connectivity index (χ0) is 9.90. The molecule has 0 spiro atoms. The molecular formula is C9H16N2O2. The van der Waals surface area contributed by atoms with Gasteiger partial charge in [0.1, 0.15) is 0 Å². The van der Waals surface area contributed by atoms with Crippen LogP contribution in [0.2, 0.25) is 0 Å². The zero-order valence-corrected chi connectivity index (χ0v) is 8.32. The minimum absolute atomic E-state index is 0.509. The van der Waals surface area contributed by atoms with Crippen molar-refractivity contribution in [1.29, 1.82) is 0 Å². The topological polar surface area (TPSA) is 47.3 Å². The fourth-order valence-corrected chi connectivity index (χ4v) is 0.892. The maximum absolute atomic E-state index is 9.40. The van der Waals surface area contributed by atoms with E-state index in [9.17, 15) is 5.11 Å². The van der Waals surface area contributed by atoms with Crippen LogP contribution < -0.4 is 4.74 Å². The Morgan fingerprint density at radius 3 is 2.77 bits per heavy atom. The molecule has 0 saturated heterocycles. The minimum atomic E-state index is -0.664. The first-order valence-corrected chi connectivity index (χ1v) is 4.31. The van der Waals surface area contributed by atoms with Gasteiger partial charge in [-0.1, -0.05) is 0 Å². The highest BCUT2D eigenvalue weighted by Crippen LogP contribution is 2.11. The lowest BCUT2D eigenvalue weighted by atomic mass is 10.1. The molecule has 1 aromatic heterocycles. The Hall–Kier alpha value is -1.03. The first-order chi connectivity index (χ1) is 5.97. The number of aromatic nitrogens is 2. The second-order valence-electron chi connectivity index (χ2n) is 3.76. The van der Waals surface area contributed by atoms with Crippen molar-refractivity contribution in [2.45, 2.75) is 25.9 Å². The van der Waals surface area contributed by atoms with E-state index < -0.39 is 5.60 Å². The Morgan fingerprint density at radius 2 is 2.31 bits per heavy atom. The first kappa shape index (κ1) is 10.1. The summed E-state index contributed by atoms with van der Waals surface area (Å²) in [5, 5.41) is 13.4. The van der Waals surface area contributed by atoms with Gasteiger partial charge in [0.15, 0.2) is 5.75 Å². The number of rotatable bonds is 4. The normalized spacial score (nSPS) is 11.7. The molecule has 74 valence electrons. The van der Waals surface area contributed by atoms with Crippen molar-refractivity contribution in [2.24, 2.45) is 7.05 Å². The van der Waals surface area contributed by atoms with Crippen LogP contribution in [-0.2, 0) is 7.05 Å². The molecule has 1 heterocycles. The molecule has 0 bridgehead atoms. The highest BCUT2D eigenvalue weighted by atomic mass is 16.5. The fraction of sp³-hybridized carbons (Fsp3) is 0.667. The Labute approximate surface area is 78.1 Å². The summed E-state index contributed by atoms with van der Waals surface area (Å²) in [5.41, 5.74) is -0.664. The molecule has 0 saturated carbocycles. The van der Waals surface area contributed by atoms with Crippen LogP contribution in [0, 0.1) is 0 Å². The van der Waals surface area contributed by atoms with Gasteiger partial charge in [-0.3, -0.25) is 4.68 Å². The van der Waals surface area contributed by atoms with Gasteiger partial charge in [-0.25, -0.2) is 0 Å². The monoisotopic (exact) mass is 184 g/mol. The van der Waals surface area contributed by atoms with E-state index in [0.717, 1.165) is 5.75 Å². The van der Waals surface area contributed by atoms with Gasteiger partial charge in [-0.05, 0) is 13.8 Å². The van der Waals surface area contributed by atoms with E-state index in [4.69, 9.17) is 4.74 Å². The number of hydrogen-bond acceptors (Lipinski definition) is 3. The van der Waals surface area contributed by atoms with E-state index in [1.165, 1.54) is 0 Å². The van der Waals surface area contributed by atoms with E-state index in [0.29, 0.717) is 13.0 Å². The fourth-order valence-electron chi connectivity index (χ4n) is 0.892. The van der Waals surface area contributed by atoms with Crippen LogP contribution in [-0.4, -0.2) is 27.1 Å². The highest BCUT2D eigenvalue weighted by Gasteiger charge is 2.12. The summed E-state index contributed by atoms with van der Waals surface area (Å²) in [6.45, 7) is 4.04. The van der Waals surface area contributed by atoms with Crippen molar-refractivity contribution >= 4 is 0 Å². The molecule has 0 atom stereocenters. The van der Waals surface area contributed by atoms with E-state index >= 15 is 0 Å². The van der Waals surface area contributed by atoms with E-state index in [2.05, 4.69) is 5.10 Å². The van der Waals surface area contributed by atoms with Crippen LogP contribution >= 0.6 is 0 Å². The molecule has 0 fully saturated rings. The van der Waals surface area contributed by atoms with Crippen LogP contribution in [0.3, 0.4) is 0 Å². The van der Waals surface area contributed by atoms with Crippen molar-refractivity contribution in [2.75, 3.05) is 6.61 Å². The second kappa shape index (κ2) is 3.79. The molecule has 1 rings (SSSR count). The summed E-state index contributed by atoms with van der Waals surface area (Å²) in [5.74, 6) is 0.742. The summed E-state index contributed by atoms with van der Waals surface area (Å²) in [4.78, 5) is 0. The van der Waals surface area contributed by atoms with Crippen LogP contribution in [0.4, 0.5) is 0 Å². The van der Waals surface area contributed by atoms with Gasteiger partial charge >= 0.3 is 0 Å². The van der Waals surface area contributed by atoms with Gasteiger partial charge in [0.2, 0.25) is 0 Å². The molecule has 0 aliphatic rings. The Bertz CT molecular complexity index is 263. The number of aryl methyl sites for hydroxylation is 1. The van der Waals surface area contributed by atoms with Gasteiger partial charge in [0.05, 0.1) is 24.6 Å². The summed E-state index contributed by atoms with van der Waals surface area (Å²) in [7, 11) is 1.84. The lowest BCUT2D eigenvalue weighted by molar-refractivity contribution is 0.0553. The van der Waals surface area contributed by atoms with Gasteiger partial charge in [-0.2, -0.15) is 5.10 Å². The molecule has 0 unspecified atom stereocenters. The number of hydrogen-bond donors (Lipinski definition) is 1. The number of ether oxygens (including phenoxy) is 1. The molecule has 0 aromatic carbocycles. The standard InChI is InChI=1S/C9H16N2O2/c1-9(2,12)4-5-13-8-6-10-11(3)7-8/h6-7,12H,4-5H2,1-3H3. The van der Waals surface area contributed by atoms with Gasteiger partial charge in [0, 0.05) is 13.5 Å². The first-order valence-electron chi connectivity index (χ1n) is 4.31. The van der Waals surface area contributed by atoms with E-state index in [1.807, 2.05) is 7.05 Å². The highest BCUT2D eigenvalue weighted by molar-refractivity contribution is 5.11. The maximum Gasteiger partial charge on any atom is 0.157 e. The van der Waals surface area contributed by atoms with Gasteiger partial charge < -0.3 is 9.84 Å². The summed E-state index contributed by atoms with van der Waals surface area (Å²) >= 11 is 0. The zero-order valence-electron chi connectivity index (χ0n) is 8.32. The SMILES string of the molecule is Cn1cc(OCCC(C)(C)O)cn1. The van der Waals surface area contributed by atoms with Crippen LogP contribution in [0.1, 0.15) is 20.3 Å². The molecule has 4 nitrogen and oxygen atoms in total. The predicted octanol–water partition coefficient (Wildman–Crippen LogP) is 0.960. The second-order valence-corrected chi connectivity index (χ2v) is 3.76. The van der Waals surface area contributed by atoms with Crippen molar-refractivity contribution < 1.29 is 9.84 Å². The van der Waals surface area contributed by atoms with Crippen LogP contribution in [0.15, 0.2) is 12.4 Å². The maximum atomic E-state index is 9.40. The van der Waals surface area contributed by atoms with Crippen molar-refractivity contribution in [3.63, 3.8) is 0 Å². The third-order valence-electron chi connectivity index (χ3n) is 1.66. The predicted molar refractivity (Wildman–Crippen MR) is 49.6 cm³/mol. The lowest BCUT2D eigenvalue weighted by Gasteiger charge is -2.16. The quantitative estimate of drug-likeness (QED) is 0.758. The molecule has 4 heteroatoms. The third kappa shape index (κ3) is 3.94. The molecular weight excluding hydrogens is 168 g/mol. The van der Waals surface area contributed by atoms with E-state index in [1.54, 1.807) is 30.9 Å². The number of aliphatic hydroxyl groups is 1. The molecule has 0 radical (unpaired) electrons. The van der Waals surface area contributed by atoms with Gasteiger partial charge in [-0.15, -0.1) is 0 Å². The average Bonchev–Trinajstić information content (AvgIpc) is 2.33. The third-order valence-corrected chi connectivity index (χ3v) is 1.66. The largest absolute Gasteiger partial charge is 0.490 e. The minimum Gasteiger partial charge on any atom is -0.490 e. The summed E-state index contributed by atoms with van der Waals surface area (Å²) in [6, 6.07) is 0. The molecule has 1 aromatic rings. The molecule has 1 N–H and O–H groups in total. The van der Waals surface area contributed by atoms with Crippen molar-refractivity contribution in [3.05, 3.63) is 12.4 Å². The molecule has 0 aliphatic heterocycles. The summed E-state index contributed by atoms with van der Waals surface area (Å²) < 4.78 is 7.04.